The normalized spacial score (nSPS) is 10.5. The van der Waals surface area contributed by atoms with Crippen LogP contribution in [0.3, 0.4) is 0 Å². The molecule has 2 aromatic rings. The van der Waals surface area contributed by atoms with Gasteiger partial charge in [-0.15, -0.1) is 0 Å². The van der Waals surface area contributed by atoms with Crippen molar-refractivity contribution in [3.63, 3.8) is 0 Å². The smallest absolute Gasteiger partial charge is 0.0945 e. The molecule has 0 aliphatic heterocycles. The van der Waals surface area contributed by atoms with Gasteiger partial charge < -0.3 is 15.6 Å². The van der Waals surface area contributed by atoms with Gasteiger partial charge >= 0.3 is 0 Å². The molecule has 0 fully saturated rings. The summed E-state index contributed by atoms with van der Waals surface area (Å²) in [6.07, 6.45) is 7.86. The maximum Gasteiger partial charge on any atom is 0.0945 e. The predicted octanol–water partition coefficient (Wildman–Crippen LogP) is 3.12. The molecule has 0 saturated carbocycles. The van der Waals surface area contributed by atoms with Gasteiger partial charge in [-0.2, -0.15) is 0 Å². The molecule has 0 unspecified atom stereocenters. The lowest BCUT2D eigenvalue weighted by molar-refractivity contribution is 0.621. The summed E-state index contributed by atoms with van der Waals surface area (Å²) in [5.74, 6) is 0. The summed E-state index contributed by atoms with van der Waals surface area (Å²) in [5.41, 5.74) is 7.66. The van der Waals surface area contributed by atoms with E-state index in [0.29, 0.717) is 0 Å². The fourth-order valence-corrected chi connectivity index (χ4v) is 2.10. The number of imidazole rings is 1. The molecule has 0 radical (unpaired) electrons. The van der Waals surface area contributed by atoms with Crippen LogP contribution in [0.4, 0.5) is 11.4 Å². The molecule has 0 atom stereocenters. The first-order valence-corrected chi connectivity index (χ1v) is 6.79. The SMILES string of the molecule is Nc1ccc(Br)cc1NCCCCn1ccnc1. The van der Waals surface area contributed by atoms with Crippen LogP contribution >= 0.6 is 15.9 Å². The van der Waals surface area contributed by atoms with Crippen LogP contribution in [0.15, 0.2) is 41.4 Å². The van der Waals surface area contributed by atoms with Gasteiger partial charge in [-0.1, -0.05) is 15.9 Å². The van der Waals surface area contributed by atoms with Crippen molar-refractivity contribution < 1.29 is 0 Å². The van der Waals surface area contributed by atoms with Crippen LogP contribution in [0.1, 0.15) is 12.8 Å². The van der Waals surface area contributed by atoms with E-state index < -0.39 is 0 Å². The third-order valence-corrected chi connectivity index (χ3v) is 3.23. The van der Waals surface area contributed by atoms with Gasteiger partial charge in [0.05, 0.1) is 17.7 Å². The van der Waals surface area contributed by atoms with E-state index in [2.05, 4.69) is 30.8 Å². The maximum atomic E-state index is 5.89. The van der Waals surface area contributed by atoms with Gasteiger partial charge in [-0.3, -0.25) is 0 Å². The molecule has 0 amide bonds. The van der Waals surface area contributed by atoms with Gasteiger partial charge in [0.15, 0.2) is 0 Å². The van der Waals surface area contributed by atoms with E-state index in [4.69, 9.17) is 5.73 Å². The highest BCUT2D eigenvalue weighted by Crippen LogP contribution is 2.23. The maximum absolute atomic E-state index is 5.89. The third-order valence-electron chi connectivity index (χ3n) is 2.73. The van der Waals surface area contributed by atoms with Crippen LogP contribution in [0.5, 0.6) is 0 Å². The minimum absolute atomic E-state index is 0.785. The zero-order valence-corrected chi connectivity index (χ0v) is 11.7. The van der Waals surface area contributed by atoms with Crippen LogP contribution in [0.25, 0.3) is 0 Å². The standard InChI is InChI=1S/C13H17BrN4/c14-11-3-4-12(15)13(9-11)17-5-1-2-7-18-8-6-16-10-18/h3-4,6,8-10,17H,1-2,5,7,15H2. The van der Waals surface area contributed by atoms with Crippen LogP contribution in [0.2, 0.25) is 0 Å². The van der Waals surface area contributed by atoms with Crippen molar-refractivity contribution in [2.75, 3.05) is 17.6 Å². The fourth-order valence-electron chi connectivity index (χ4n) is 1.74. The molecule has 1 heterocycles. The van der Waals surface area contributed by atoms with Crippen LogP contribution in [-0.4, -0.2) is 16.1 Å². The van der Waals surface area contributed by atoms with Crippen molar-refractivity contribution in [1.82, 2.24) is 9.55 Å². The summed E-state index contributed by atoms with van der Waals surface area (Å²) in [6, 6.07) is 5.85. The topological polar surface area (TPSA) is 55.9 Å². The predicted molar refractivity (Wildman–Crippen MR) is 78.5 cm³/mol. The second kappa shape index (κ2) is 6.44. The molecule has 0 aliphatic rings. The second-order valence-electron chi connectivity index (χ2n) is 4.17. The molecule has 18 heavy (non-hydrogen) atoms. The number of benzene rings is 1. The molecule has 0 bridgehead atoms. The Bertz CT molecular complexity index is 482. The monoisotopic (exact) mass is 308 g/mol. The van der Waals surface area contributed by atoms with Gasteiger partial charge in [0.1, 0.15) is 0 Å². The number of unbranched alkanes of at least 4 members (excludes halogenated alkanes) is 1. The van der Waals surface area contributed by atoms with Gasteiger partial charge in [0, 0.05) is 30.0 Å². The summed E-state index contributed by atoms with van der Waals surface area (Å²) >= 11 is 3.44. The molecule has 2 rings (SSSR count). The molecule has 0 spiro atoms. The minimum atomic E-state index is 0.785. The molecule has 0 aliphatic carbocycles. The number of hydrogen-bond acceptors (Lipinski definition) is 3. The molecule has 1 aromatic heterocycles. The molecule has 1 aromatic carbocycles. The molecular formula is C13H17BrN4. The molecule has 96 valence electrons. The summed E-state index contributed by atoms with van der Waals surface area (Å²) in [4.78, 5) is 4.02. The Morgan fingerprint density at radius 3 is 3.00 bits per heavy atom. The number of nitrogens with zero attached hydrogens (tertiary/aromatic N) is 2. The Kier molecular flexibility index (Phi) is 4.64. The summed E-state index contributed by atoms with van der Waals surface area (Å²) in [5, 5.41) is 3.35. The largest absolute Gasteiger partial charge is 0.397 e. The van der Waals surface area contributed by atoms with Gasteiger partial charge in [0.2, 0.25) is 0 Å². The number of nitrogens with one attached hydrogen (secondary N) is 1. The van der Waals surface area contributed by atoms with Crippen molar-refractivity contribution in [1.29, 1.82) is 0 Å². The van der Waals surface area contributed by atoms with Crippen LogP contribution in [-0.2, 0) is 6.54 Å². The van der Waals surface area contributed by atoms with Crippen LogP contribution in [0, 0.1) is 0 Å². The van der Waals surface area contributed by atoms with E-state index in [0.717, 1.165) is 41.8 Å². The van der Waals surface area contributed by atoms with Crippen molar-refractivity contribution in [2.45, 2.75) is 19.4 Å². The lowest BCUT2D eigenvalue weighted by Crippen LogP contribution is -2.05. The Morgan fingerprint density at radius 1 is 1.33 bits per heavy atom. The number of nitrogen functional groups attached to an aromatic ring is 1. The highest BCUT2D eigenvalue weighted by atomic mass is 79.9. The fraction of sp³-hybridized carbons (Fsp3) is 0.308. The van der Waals surface area contributed by atoms with Gasteiger partial charge in [-0.25, -0.2) is 4.98 Å². The van der Waals surface area contributed by atoms with E-state index >= 15 is 0 Å². The average molecular weight is 309 g/mol. The van der Waals surface area contributed by atoms with Crippen molar-refractivity contribution >= 4 is 27.3 Å². The number of hydrogen-bond donors (Lipinski definition) is 2. The number of aromatic nitrogens is 2. The first kappa shape index (κ1) is 13.0. The Hall–Kier alpha value is -1.49. The zero-order valence-electron chi connectivity index (χ0n) is 10.1. The lowest BCUT2D eigenvalue weighted by atomic mass is 10.2. The molecule has 5 heteroatoms. The van der Waals surface area contributed by atoms with Crippen molar-refractivity contribution in [3.05, 3.63) is 41.4 Å². The van der Waals surface area contributed by atoms with E-state index in [1.165, 1.54) is 0 Å². The van der Waals surface area contributed by atoms with Crippen molar-refractivity contribution in [3.8, 4) is 0 Å². The average Bonchev–Trinajstić information content (AvgIpc) is 2.86. The number of rotatable bonds is 6. The third kappa shape index (κ3) is 3.77. The highest BCUT2D eigenvalue weighted by Gasteiger charge is 1.99. The second-order valence-corrected chi connectivity index (χ2v) is 5.08. The first-order chi connectivity index (χ1) is 8.75. The number of anilines is 2. The number of halogens is 1. The quantitative estimate of drug-likeness (QED) is 0.637. The Labute approximate surface area is 115 Å². The van der Waals surface area contributed by atoms with E-state index in [1.54, 1.807) is 6.20 Å². The Morgan fingerprint density at radius 2 is 2.22 bits per heavy atom. The van der Waals surface area contributed by atoms with E-state index in [-0.39, 0.29) is 0 Å². The molecule has 4 nitrogen and oxygen atoms in total. The van der Waals surface area contributed by atoms with E-state index in [9.17, 15) is 0 Å². The molecule has 0 saturated heterocycles. The van der Waals surface area contributed by atoms with Crippen molar-refractivity contribution in [2.24, 2.45) is 0 Å². The number of aryl methyl sites for hydroxylation is 1. The Balaban J connectivity index is 1.70. The van der Waals surface area contributed by atoms with Gasteiger partial charge in [-0.05, 0) is 31.0 Å². The summed E-state index contributed by atoms with van der Waals surface area (Å²) in [6.45, 7) is 1.94. The molecular weight excluding hydrogens is 292 g/mol. The minimum Gasteiger partial charge on any atom is -0.397 e. The highest BCUT2D eigenvalue weighted by molar-refractivity contribution is 9.10. The van der Waals surface area contributed by atoms with Gasteiger partial charge in [0.25, 0.3) is 0 Å². The van der Waals surface area contributed by atoms with E-state index in [1.807, 2.05) is 30.7 Å². The lowest BCUT2D eigenvalue weighted by Gasteiger charge is -2.09. The zero-order chi connectivity index (χ0) is 12.8. The number of nitrogens with two attached hydrogens (primary N) is 1. The first-order valence-electron chi connectivity index (χ1n) is 6.00. The van der Waals surface area contributed by atoms with Crippen LogP contribution < -0.4 is 11.1 Å². The summed E-state index contributed by atoms with van der Waals surface area (Å²) in [7, 11) is 0. The summed E-state index contributed by atoms with van der Waals surface area (Å²) < 4.78 is 3.13. The molecule has 3 N–H and O–H groups in total.